The van der Waals surface area contributed by atoms with Crippen molar-refractivity contribution in [2.24, 2.45) is 0 Å². The monoisotopic (exact) mass is 343 g/mol. The standard InChI is InChI=1S/C15H21NO6S/c1-10(16-14(18)22-15(2,3)4)13(17)9-21-11-5-7-12(8-6-11)23(19)20/h5-8,10H,9H2,1-4H3,(H,16,18)(H,19,20)/t10-/m0/s1. The number of nitrogens with one attached hydrogen (secondary N) is 1. The Labute approximate surface area is 137 Å². The molecule has 1 aromatic rings. The van der Waals surface area contributed by atoms with E-state index in [1.54, 1.807) is 20.8 Å². The van der Waals surface area contributed by atoms with E-state index in [0.717, 1.165) is 0 Å². The molecule has 0 saturated carbocycles. The fourth-order valence-electron chi connectivity index (χ4n) is 1.50. The largest absolute Gasteiger partial charge is 0.486 e. The first-order valence-electron chi connectivity index (χ1n) is 6.94. The third kappa shape index (κ3) is 7.25. The zero-order valence-corrected chi connectivity index (χ0v) is 14.3. The zero-order chi connectivity index (χ0) is 17.6. The predicted molar refractivity (Wildman–Crippen MR) is 84.8 cm³/mol. The topological polar surface area (TPSA) is 102 Å². The van der Waals surface area contributed by atoms with Gasteiger partial charge >= 0.3 is 6.09 Å². The second kappa shape index (κ2) is 8.07. The van der Waals surface area contributed by atoms with E-state index in [9.17, 15) is 13.8 Å². The second-order valence-electron chi connectivity index (χ2n) is 5.84. The Hall–Kier alpha value is -1.93. The van der Waals surface area contributed by atoms with Gasteiger partial charge in [0.25, 0.3) is 0 Å². The highest BCUT2D eigenvalue weighted by atomic mass is 32.2. The number of amides is 1. The first kappa shape index (κ1) is 19.1. The first-order valence-corrected chi connectivity index (χ1v) is 8.05. The fourth-order valence-corrected chi connectivity index (χ4v) is 1.87. The molecule has 7 nitrogen and oxygen atoms in total. The maximum absolute atomic E-state index is 11.9. The van der Waals surface area contributed by atoms with Crippen molar-refractivity contribution in [2.45, 2.75) is 44.2 Å². The molecular formula is C15H21NO6S. The molecule has 23 heavy (non-hydrogen) atoms. The average Bonchev–Trinajstić information content (AvgIpc) is 2.42. The van der Waals surface area contributed by atoms with Crippen molar-refractivity contribution in [3.63, 3.8) is 0 Å². The minimum atomic E-state index is -2.06. The van der Waals surface area contributed by atoms with Gasteiger partial charge in [-0.1, -0.05) is 0 Å². The number of hydrogen-bond acceptors (Lipinski definition) is 5. The SMILES string of the molecule is C[C@H](NC(=O)OC(C)(C)C)C(=O)COc1ccc(S(=O)O)cc1. The molecule has 1 unspecified atom stereocenters. The van der Waals surface area contributed by atoms with Gasteiger partial charge in [0.1, 0.15) is 18.0 Å². The Morgan fingerprint density at radius 1 is 1.26 bits per heavy atom. The van der Waals surface area contributed by atoms with Gasteiger partial charge in [-0.15, -0.1) is 0 Å². The molecule has 1 rings (SSSR count). The predicted octanol–water partition coefficient (Wildman–Crippen LogP) is 2.13. The van der Waals surface area contributed by atoms with E-state index in [1.165, 1.54) is 31.2 Å². The number of Topliss-reactive ketones (excluding diaryl/α,β-unsaturated/α-hetero) is 1. The highest BCUT2D eigenvalue weighted by molar-refractivity contribution is 7.79. The van der Waals surface area contributed by atoms with Crippen LogP contribution in [0.1, 0.15) is 27.7 Å². The highest BCUT2D eigenvalue weighted by Gasteiger charge is 2.21. The summed E-state index contributed by atoms with van der Waals surface area (Å²) in [6, 6.07) is 5.08. The van der Waals surface area contributed by atoms with Gasteiger partial charge in [-0.2, -0.15) is 0 Å². The van der Waals surface area contributed by atoms with E-state index in [0.29, 0.717) is 5.75 Å². The van der Waals surface area contributed by atoms with Crippen molar-refractivity contribution in [1.82, 2.24) is 5.32 Å². The summed E-state index contributed by atoms with van der Waals surface area (Å²) in [6.07, 6.45) is -0.673. The minimum absolute atomic E-state index is 0.238. The summed E-state index contributed by atoms with van der Waals surface area (Å²) in [7, 11) is 0. The van der Waals surface area contributed by atoms with Crippen LogP contribution in [0.4, 0.5) is 4.79 Å². The van der Waals surface area contributed by atoms with Gasteiger partial charge in [0.2, 0.25) is 0 Å². The van der Waals surface area contributed by atoms with Crippen molar-refractivity contribution in [3.05, 3.63) is 24.3 Å². The van der Waals surface area contributed by atoms with Gasteiger partial charge in [0, 0.05) is 0 Å². The Morgan fingerprint density at radius 3 is 2.30 bits per heavy atom. The molecule has 0 bridgehead atoms. The summed E-state index contributed by atoms with van der Waals surface area (Å²) in [4.78, 5) is 23.7. The van der Waals surface area contributed by atoms with Crippen molar-refractivity contribution in [3.8, 4) is 5.75 Å². The summed E-state index contributed by atoms with van der Waals surface area (Å²) in [5, 5.41) is 2.43. The van der Waals surface area contributed by atoms with E-state index in [-0.39, 0.29) is 17.3 Å². The van der Waals surface area contributed by atoms with Crippen LogP contribution < -0.4 is 10.1 Å². The van der Waals surface area contributed by atoms with Crippen molar-refractivity contribution < 1.29 is 27.8 Å². The van der Waals surface area contributed by atoms with Crippen LogP contribution >= 0.6 is 0 Å². The molecule has 2 atom stereocenters. The van der Waals surface area contributed by atoms with Crippen LogP contribution in [0, 0.1) is 0 Å². The Kier molecular flexibility index (Phi) is 6.71. The Bertz CT molecular complexity index is 579. The van der Waals surface area contributed by atoms with E-state index in [2.05, 4.69) is 5.32 Å². The molecule has 8 heteroatoms. The first-order chi connectivity index (χ1) is 10.6. The van der Waals surface area contributed by atoms with Gasteiger partial charge in [-0.05, 0) is 52.0 Å². The second-order valence-corrected chi connectivity index (χ2v) is 6.81. The van der Waals surface area contributed by atoms with Crippen molar-refractivity contribution in [2.75, 3.05) is 6.61 Å². The molecule has 0 aliphatic heterocycles. The average molecular weight is 343 g/mol. The number of hydrogen-bond donors (Lipinski definition) is 2. The molecule has 0 spiro atoms. The fraction of sp³-hybridized carbons (Fsp3) is 0.467. The van der Waals surface area contributed by atoms with Crippen LogP contribution in [-0.2, 0) is 20.6 Å². The van der Waals surface area contributed by atoms with Gasteiger partial charge < -0.3 is 19.3 Å². The third-order valence-electron chi connectivity index (χ3n) is 2.62. The quantitative estimate of drug-likeness (QED) is 0.767. The molecular weight excluding hydrogens is 322 g/mol. The summed E-state index contributed by atoms with van der Waals surface area (Å²) >= 11 is -2.06. The van der Waals surface area contributed by atoms with Crippen LogP contribution in [0.5, 0.6) is 5.75 Å². The molecule has 0 fully saturated rings. The van der Waals surface area contributed by atoms with E-state index in [1.807, 2.05) is 0 Å². The van der Waals surface area contributed by atoms with E-state index in [4.69, 9.17) is 14.0 Å². The number of carbonyl (C=O) groups excluding carboxylic acids is 2. The lowest BCUT2D eigenvalue weighted by Crippen LogP contribution is -2.43. The normalized spacial score (nSPS) is 13.8. The number of rotatable bonds is 6. The van der Waals surface area contributed by atoms with Crippen LogP contribution in [0.3, 0.4) is 0 Å². The van der Waals surface area contributed by atoms with Crippen LogP contribution in [0.25, 0.3) is 0 Å². The number of ketones is 1. The van der Waals surface area contributed by atoms with E-state index < -0.39 is 28.8 Å². The summed E-state index contributed by atoms with van der Waals surface area (Å²) in [5.41, 5.74) is -0.641. The molecule has 0 aromatic heterocycles. The van der Waals surface area contributed by atoms with E-state index >= 15 is 0 Å². The minimum Gasteiger partial charge on any atom is -0.486 e. The highest BCUT2D eigenvalue weighted by Crippen LogP contribution is 2.14. The molecule has 1 amide bonds. The number of carbonyl (C=O) groups is 2. The summed E-state index contributed by atoms with van der Waals surface area (Å²) in [5.74, 6) is 0.0580. The Morgan fingerprint density at radius 2 is 1.83 bits per heavy atom. The summed E-state index contributed by atoms with van der Waals surface area (Å²) < 4.78 is 30.1. The third-order valence-corrected chi connectivity index (χ3v) is 3.30. The maximum atomic E-state index is 11.9. The van der Waals surface area contributed by atoms with Gasteiger partial charge in [-0.25, -0.2) is 9.00 Å². The van der Waals surface area contributed by atoms with Crippen LogP contribution in [0.2, 0.25) is 0 Å². The zero-order valence-electron chi connectivity index (χ0n) is 13.5. The Balaban J connectivity index is 2.46. The van der Waals surface area contributed by atoms with Gasteiger partial charge in [0.15, 0.2) is 16.9 Å². The lowest BCUT2D eigenvalue weighted by atomic mass is 10.2. The van der Waals surface area contributed by atoms with Crippen LogP contribution in [0.15, 0.2) is 29.2 Å². The van der Waals surface area contributed by atoms with Crippen LogP contribution in [-0.4, -0.2) is 38.9 Å². The smallest absolute Gasteiger partial charge is 0.408 e. The van der Waals surface area contributed by atoms with Crippen molar-refractivity contribution in [1.29, 1.82) is 0 Å². The molecule has 2 N–H and O–H groups in total. The molecule has 0 radical (unpaired) electrons. The maximum Gasteiger partial charge on any atom is 0.408 e. The number of alkyl carbamates (subject to hydrolysis) is 1. The van der Waals surface area contributed by atoms with Crippen molar-refractivity contribution >= 4 is 23.0 Å². The summed E-state index contributed by atoms with van der Waals surface area (Å²) in [6.45, 7) is 6.48. The molecule has 0 aliphatic carbocycles. The van der Waals surface area contributed by atoms with Gasteiger partial charge in [0.05, 0.1) is 10.9 Å². The van der Waals surface area contributed by atoms with Gasteiger partial charge in [-0.3, -0.25) is 4.79 Å². The molecule has 0 aliphatic rings. The molecule has 0 heterocycles. The molecule has 0 saturated heterocycles. The lowest BCUT2D eigenvalue weighted by Gasteiger charge is -2.21. The molecule has 1 aromatic carbocycles. The molecule has 128 valence electrons. The number of benzene rings is 1. The lowest BCUT2D eigenvalue weighted by molar-refractivity contribution is -0.122. The number of ether oxygens (including phenoxy) is 2.